The van der Waals surface area contributed by atoms with E-state index >= 15 is 0 Å². The van der Waals surface area contributed by atoms with Crippen molar-refractivity contribution in [1.82, 2.24) is 106 Å². The number of carboxylic acids is 2. The molecule has 824 valence electrons. The Hall–Kier alpha value is -15.1. The number of benzene rings is 3. The Morgan fingerprint density at radius 3 is 1.19 bits per heavy atom. The number of unbranched alkanes of at least 4 members (excludes halogenated alkanes) is 1. The summed E-state index contributed by atoms with van der Waals surface area (Å²) in [5.74, 6) is -27.8. The van der Waals surface area contributed by atoms with E-state index in [1.54, 1.807) is 78.9 Å². The predicted octanol–water partition coefficient (Wildman–Crippen LogP) is -9.82. The highest BCUT2D eigenvalue weighted by atomic mass is 16.4. The molecular weight excluding hydrogens is 1960 g/mol. The van der Waals surface area contributed by atoms with Crippen molar-refractivity contribution in [1.29, 1.82) is 0 Å². The molecule has 20 atom stereocenters. The molecule has 3 aromatic carbocycles. The molecule has 0 spiro atoms. The Labute approximate surface area is 857 Å². The van der Waals surface area contributed by atoms with Crippen LogP contribution in [0.25, 0.3) is 10.9 Å². The van der Waals surface area contributed by atoms with E-state index in [0.29, 0.717) is 41.4 Å². The zero-order valence-corrected chi connectivity index (χ0v) is 84.4. The number of aliphatic hydroxyl groups is 5. The first-order chi connectivity index (χ1) is 70.4. The number of primary amides is 1. The molecule has 54 nitrogen and oxygen atoms in total. The number of aliphatic carboxylic acids is 2. The lowest BCUT2D eigenvalue weighted by molar-refractivity contribution is -0.143. The van der Waals surface area contributed by atoms with Crippen LogP contribution in [-0.4, -0.2) is 343 Å². The van der Waals surface area contributed by atoms with E-state index in [9.17, 15) is 151 Å². The van der Waals surface area contributed by atoms with Crippen LogP contribution in [0.15, 0.2) is 79.0 Å². The zero-order chi connectivity index (χ0) is 112. The van der Waals surface area contributed by atoms with Gasteiger partial charge in [-0.2, -0.15) is 0 Å². The van der Waals surface area contributed by atoms with Crippen molar-refractivity contribution >= 4 is 141 Å². The number of rotatable bonds is 67. The number of aromatic amines is 1. The van der Waals surface area contributed by atoms with Crippen LogP contribution < -0.4 is 118 Å². The Balaban J connectivity index is 1.46. The summed E-state index contributed by atoms with van der Waals surface area (Å²) in [7, 11) is 0. The smallest absolute Gasteiger partial charge is 0.328 e. The number of amides is 20. The largest absolute Gasteiger partial charge is 0.508 e. The monoisotopic (exact) mass is 2100 g/mol. The number of aliphatic hydroxyl groups excluding tert-OH is 5. The van der Waals surface area contributed by atoms with Gasteiger partial charge in [-0.3, -0.25) is 101 Å². The van der Waals surface area contributed by atoms with E-state index in [0.717, 1.165) is 13.8 Å². The number of nitrogens with two attached hydrogens (primary N) is 3. The van der Waals surface area contributed by atoms with Crippen LogP contribution in [0.2, 0.25) is 0 Å². The van der Waals surface area contributed by atoms with Gasteiger partial charge in [0.1, 0.15) is 108 Å². The second kappa shape index (κ2) is 64.1. The molecule has 1 aromatic heterocycles. The van der Waals surface area contributed by atoms with Crippen molar-refractivity contribution in [3.8, 4) is 11.5 Å². The highest BCUT2D eigenvalue weighted by Crippen LogP contribution is 2.23. The fourth-order valence-electron chi connectivity index (χ4n) is 14.7. The number of hydrogen-bond acceptors (Lipinski definition) is 31. The summed E-state index contributed by atoms with van der Waals surface area (Å²) >= 11 is 0. The number of hydrogen-bond donors (Lipinski definition) is 32. The zero-order valence-electron chi connectivity index (χ0n) is 84.4. The first-order valence-corrected chi connectivity index (χ1v) is 48.4. The molecule has 0 radical (unpaired) electrons. The molecule has 0 aliphatic carbocycles. The maximum absolute atomic E-state index is 14.9. The molecule has 0 saturated carbocycles. The normalized spacial score (nSPS) is 15.2. The van der Waals surface area contributed by atoms with Crippen molar-refractivity contribution in [2.24, 2.45) is 40.9 Å². The minimum absolute atomic E-state index is 0.0395. The third-order valence-electron chi connectivity index (χ3n) is 24.0. The number of aromatic nitrogens is 1. The van der Waals surface area contributed by atoms with E-state index in [4.69, 9.17) is 17.2 Å². The number of para-hydroxylation sites is 1. The van der Waals surface area contributed by atoms with Gasteiger partial charge in [-0.15, -0.1) is 0 Å². The highest BCUT2D eigenvalue weighted by molar-refractivity contribution is 6.03. The number of carbonyl (C=O) groups excluding carboxylic acids is 20. The maximum Gasteiger partial charge on any atom is 0.328 e. The van der Waals surface area contributed by atoms with Crippen LogP contribution in [0.1, 0.15) is 150 Å². The number of nitrogens with one attached hydrogen (secondary N) is 20. The number of fused-ring (bicyclic) bond motifs is 1. The molecule has 0 bridgehead atoms. The van der Waals surface area contributed by atoms with Gasteiger partial charge >= 0.3 is 11.9 Å². The summed E-state index contributed by atoms with van der Waals surface area (Å²) < 4.78 is 0. The molecule has 0 aliphatic heterocycles. The lowest BCUT2D eigenvalue weighted by atomic mass is 9.94. The third kappa shape index (κ3) is 43.1. The van der Waals surface area contributed by atoms with E-state index in [1.165, 1.54) is 55.5 Å². The summed E-state index contributed by atoms with van der Waals surface area (Å²) in [6.45, 7) is 7.73. The van der Waals surface area contributed by atoms with Crippen molar-refractivity contribution in [2.75, 3.05) is 59.2 Å². The second-order valence-electron chi connectivity index (χ2n) is 36.2. The van der Waals surface area contributed by atoms with Gasteiger partial charge < -0.3 is 169 Å². The number of carboxylic acid groups (broad SMARTS) is 2. The Bertz CT molecular complexity index is 5240. The number of aromatic hydroxyl groups is 2. The van der Waals surface area contributed by atoms with E-state index in [-0.39, 0.29) is 67.9 Å². The summed E-state index contributed by atoms with van der Waals surface area (Å²) in [5.41, 5.74) is 18.1. The molecule has 54 heteroatoms. The fourth-order valence-corrected chi connectivity index (χ4v) is 14.7. The molecule has 0 saturated heterocycles. The lowest BCUT2D eigenvalue weighted by Crippen LogP contribution is -2.62. The lowest BCUT2D eigenvalue weighted by Gasteiger charge is -2.30. The predicted molar refractivity (Wildman–Crippen MR) is 529 cm³/mol. The first-order valence-electron chi connectivity index (χ1n) is 48.4. The van der Waals surface area contributed by atoms with Gasteiger partial charge in [-0.25, -0.2) is 4.79 Å². The second-order valence-corrected chi connectivity index (χ2v) is 36.2. The molecule has 149 heavy (non-hydrogen) atoms. The Morgan fingerprint density at radius 2 is 0.718 bits per heavy atom. The topological polar surface area (TPSA) is 880 Å². The van der Waals surface area contributed by atoms with Crippen LogP contribution in [0.5, 0.6) is 11.5 Å². The summed E-state index contributed by atoms with van der Waals surface area (Å²) in [6, 6.07) is -9.83. The van der Waals surface area contributed by atoms with Crippen LogP contribution in [0, 0.1) is 23.7 Å². The third-order valence-corrected chi connectivity index (χ3v) is 24.0. The molecule has 35 N–H and O–H groups in total. The Morgan fingerprint density at radius 1 is 0.356 bits per heavy atom. The summed E-state index contributed by atoms with van der Waals surface area (Å²) in [6.07, 6.45) is -2.03. The molecule has 4 rings (SSSR count). The van der Waals surface area contributed by atoms with E-state index < -0.39 is 329 Å². The van der Waals surface area contributed by atoms with Gasteiger partial charge in [0, 0.05) is 42.8 Å². The van der Waals surface area contributed by atoms with Crippen molar-refractivity contribution in [3.63, 3.8) is 0 Å². The minimum Gasteiger partial charge on any atom is -0.508 e. The standard InChI is InChI=1S/C95H143N23O31/c1-11-47(6)76(116-87(140)64(35-54-38-99-58-19-15-14-18-57(54)58)109-83(136)60(29-30-75(131)132)107-85(138)61(32-46(4)5)105-72(128)39-100-81(134)59(20-16-17-31-96)104-71(127)37-97)91(144)102-41-74(130)115-77(48(7)12-2)93(146)117-78(49(8)13-3)92(145)113-68(44-121)90(143)112-67(43-120)89(142)111-66(42-119)82(135)101-40-73(129)106-65(36-70(98)126)88(141)118-79(51(10)123)94(147)110-63(34-53-23-27-56(125)28-24-53)86(139)108-62(33-52-21-25-55(124)26-22-52)84(137)103-50(9)80(133)114-69(45-122)95(148)149/h14-15,18-19,21-28,38,46-51,59-69,76-79,99,119-125H,11-13,16-17,20,29-37,39-45,96-97H2,1-10H3,(H2,98,126)(H,100,134)(H,101,135)(H,102,144)(H,103,137)(H,104,127)(H,105,128)(H,106,129)(H,107,138)(H,108,139)(H,109,136)(H,110,147)(H,111,142)(H,112,143)(H,113,145)(H,114,133)(H,115,130)(H,116,140)(H,117,146)(H,118,141)(H,131,132)(H,148,149)/t47-,48-,49-,50-,51+,59-,60-,61-,62-,63-,64-,65-,66-,67-,68-,69-,76-,77-,78-,79-/m0/s1. The van der Waals surface area contributed by atoms with Gasteiger partial charge in [-0.1, -0.05) is 117 Å². The van der Waals surface area contributed by atoms with Gasteiger partial charge in [0.2, 0.25) is 118 Å². The molecule has 0 fully saturated rings. The van der Waals surface area contributed by atoms with E-state index in [2.05, 4.69) is 90.1 Å². The fraction of sp³-hybridized carbons (Fsp3) is 0.558. The highest BCUT2D eigenvalue weighted by Gasteiger charge is 2.41. The number of carbonyl (C=O) groups is 22. The molecule has 1 heterocycles. The van der Waals surface area contributed by atoms with E-state index in [1.807, 2.05) is 16.0 Å². The average Bonchev–Trinajstić information content (AvgIpc) is 1.68. The molecular formula is C95H143N23O31. The van der Waals surface area contributed by atoms with Gasteiger partial charge in [0.15, 0.2) is 0 Å². The van der Waals surface area contributed by atoms with Crippen LogP contribution >= 0.6 is 0 Å². The number of phenols is 2. The molecule has 0 unspecified atom stereocenters. The Kier molecular flexibility index (Phi) is 54.3. The first kappa shape index (κ1) is 126. The molecule has 4 aromatic rings. The minimum atomic E-state index is -2.08. The average molecular weight is 2100 g/mol. The summed E-state index contributed by atoms with van der Waals surface area (Å²) in [4.78, 5) is 303. The van der Waals surface area contributed by atoms with Crippen LogP contribution in [0.3, 0.4) is 0 Å². The maximum atomic E-state index is 14.9. The number of phenolic OH excluding ortho intramolecular Hbond substituents is 2. The van der Waals surface area contributed by atoms with Crippen molar-refractivity contribution < 1.29 is 151 Å². The van der Waals surface area contributed by atoms with Gasteiger partial charge in [0.25, 0.3) is 0 Å². The van der Waals surface area contributed by atoms with Crippen LogP contribution in [0.4, 0.5) is 0 Å². The van der Waals surface area contributed by atoms with Gasteiger partial charge in [-0.05, 0) is 123 Å². The number of H-pyrrole nitrogens is 1. The SMILES string of the molecule is CC[C@H](C)[C@H](NC(=O)CNC(=O)[C@@H](NC(=O)[C@H](Cc1c[nH]c2ccccc12)NC(=O)[C@H](CCC(=O)O)NC(=O)[C@H](CC(C)C)NC(=O)CNC(=O)[C@H](CCCCN)NC(=O)CN)[C@@H](C)CC)C(=O)N[C@H](C(=O)N[C@@H](CO)C(=O)N[C@@H](CO)C(=O)N[C@@H](CO)C(=O)NCC(=O)N[C@@H](CC(N)=O)C(=O)N[C@H](C(=O)N[C@@H](Cc1ccc(O)cc1)C(=O)N[C@@H](Cc1ccc(O)cc1)C(=O)N[C@@H](C)C(=O)N[C@@H](CO)C(=O)O)[C@@H](C)O)[C@@H](C)CC. The quantitative estimate of drug-likeness (QED) is 0.0183. The van der Waals surface area contributed by atoms with Crippen molar-refractivity contribution in [3.05, 3.63) is 95.7 Å². The summed E-state index contributed by atoms with van der Waals surface area (Å²) in [5, 5.41) is 136. The van der Waals surface area contributed by atoms with Crippen LogP contribution in [-0.2, 0) is 125 Å². The molecule has 20 amide bonds. The van der Waals surface area contributed by atoms with Crippen molar-refractivity contribution in [2.45, 2.75) is 255 Å². The molecule has 0 aliphatic rings. The van der Waals surface area contributed by atoms with Gasteiger partial charge in [0.05, 0.1) is 65.1 Å².